The number of hydrogen-bond donors (Lipinski definition) is 0. The third-order valence-corrected chi connectivity index (χ3v) is 11.0. The van der Waals surface area contributed by atoms with E-state index in [1.54, 1.807) is 0 Å². The molecular weight excluding hydrogens is 846 g/mol. The van der Waals surface area contributed by atoms with Crippen molar-refractivity contribution in [1.29, 1.82) is 0 Å². The van der Waals surface area contributed by atoms with Crippen molar-refractivity contribution in [2.75, 3.05) is 47.5 Å². The molecule has 0 bridgehead atoms. The molecule has 0 spiro atoms. The number of phosphoric acid groups is 1. The van der Waals surface area contributed by atoms with Crippen molar-refractivity contribution in [3.8, 4) is 0 Å². The van der Waals surface area contributed by atoms with Gasteiger partial charge < -0.3 is 27.9 Å². The minimum Gasteiger partial charge on any atom is -0.756 e. The molecule has 0 aliphatic carbocycles. The lowest BCUT2D eigenvalue weighted by Crippen LogP contribution is -2.37. The Morgan fingerprint density at radius 3 is 1.29 bits per heavy atom. The summed E-state index contributed by atoms with van der Waals surface area (Å²) in [5.41, 5.74) is 0. The van der Waals surface area contributed by atoms with Gasteiger partial charge in [0.2, 0.25) is 0 Å². The zero-order valence-electron chi connectivity index (χ0n) is 42.1. The summed E-state index contributed by atoms with van der Waals surface area (Å²) in [6.07, 6.45) is 65.8. The van der Waals surface area contributed by atoms with E-state index in [-0.39, 0.29) is 26.1 Å². The summed E-state index contributed by atoms with van der Waals surface area (Å²) < 4.78 is 33.7. The lowest BCUT2D eigenvalue weighted by molar-refractivity contribution is -0.870. The third kappa shape index (κ3) is 49.8. The van der Waals surface area contributed by atoms with E-state index >= 15 is 0 Å². The molecular formula is C56H92NO8P. The quantitative estimate of drug-likeness (QED) is 0.0195. The fourth-order valence-corrected chi connectivity index (χ4v) is 6.82. The molecule has 10 heteroatoms. The standard InChI is InChI=1S/C56H92NO8P/c1-6-8-10-12-13-14-15-16-17-18-19-20-21-22-23-24-25-26-27-28-29-30-31-32-33-34-35-36-37-38-39-40-41-42-43-45-47-49-56(59)65-54(52-62-55(58)48-46-44-11-9-7-2)53-64-66(60,61)63-51-50-57(3,4)5/h8,10,13-14,16-17,19-20,22-23,25-26,28-29,31-32,34-35,37-38,54H,6-7,9,11-12,15,18,21,24,27,30,33,36,39-53H2,1-5H3/b10-8-,14-13-,17-16-,20-19-,23-22-,26-25-,29-28-,32-31-,35-34-,38-37-. The maximum absolute atomic E-state index is 12.6. The zero-order valence-corrected chi connectivity index (χ0v) is 43.0. The maximum Gasteiger partial charge on any atom is 0.306 e. The number of ether oxygens (including phenoxy) is 2. The Kier molecular flexibility index (Phi) is 44.0. The predicted octanol–water partition coefficient (Wildman–Crippen LogP) is 14.6. The number of rotatable bonds is 44. The molecule has 0 amide bonds. The summed E-state index contributed by atoms with van der Waals surface area (Å²) >= 11 is 0. The summed E-state index contributed by atoms with van der Waals surface area (Å²) in [5, 5.41) is 0. The first-order valence-electron chi connectivity index (χ1n) is 25.2. The summed E-state index contributed by atoms with van der Waals surface area (Å²) in [5.74, 6) is -0.877. The largest absolute Gasteiger partial charge is 0.756 e. The summed E-state index contributed by atoms with van der Waals surface area (Å²) in [4.78, 5) is 37.2. The fraction of sp³-hybridized carbons (Fsp3) is 0.607. The molecule has 2 unspecified atom stereocenters. The summed E-state index contributed by atoms with van der Waals surface area (Å²) in [6, 6.07) is 0. The Morgan fingerprint density at radius 2 is 0.864 bits per heavy atom. The van der Waals surface area contributed by atoms with Gasteiger partial charge in [-0.2, -0.15) is 0 Å². The second kappa shape index (κ2) is 46.5. The minimum atomic E-state index is -4.63. The molecule has 0 aromatic heterocycles. The average molecular weight is 938 g/mol. The molecule has 0 rings (SSSR count). The second-order valence-corrected chi connectivity index (χ2v) is 18.9. The van der Waals surface area contributed by atoms with Crippen LogP contribution in [0.15, 0.2) is 122 Å². The van der Waals surface area contributed by atoms with Crippen molar-refractivity contribution >= 4 is 19.8 Å². The highest BCUT2D eigenvalue weighted by molar-refractivity contribution is 7.45. The zero-order chi connectivity index (χ0) is 48.5. The van der Waals surface area contributed by atoms with Crippen molar-refractivity contribution in [2.45, 2.75) is 174 Å². The normalized spacial score (nSPS) is 14.5. The fourth-order valence-electron chi connectivity index (χ4n) is 6.09. The Morgan fingerprint density at radius 1 is 0.485 bits per heavy atom. The second-order valence-electron chi connectivity index (χ2n) is 17.5. The van der Waals surface area contributed by atoms with Crippen LogP contribution in [0.3, 0.4) is 0 Å². The summed E-state index contributed by atoms with van der Waals surface area (Å²) in [6.45, 7) is 3.96. The van der Waals surface area contributed by atoms with Crippen LogP contribution in [-0.2, 0) is 32.7 Å². The van der Waals surface area contributed by atoms with Gasteiger partial charge in [0.05, 0.1) is 27.7 Å². The van der Waals surface area contributed by atoms with Crippen molar-refractivity contribution in [3.05, 3.63) is 122 Å². The van der Waals surface area contributed by atoms with Crippen LogP contribution < -0.4 is 4.89 Å². The first kappa shape index (κ1) is 62.4. The molecule has 0 aromatic carbocycles. The van der Waals surface area contributed by atoms with Crippen molar-refractivity contribution < 1.29 is 42.1 Å². The highest BCUT2D eigenvalue weighted by Crippen LogP contribution is 2.38. The number of nitrogens with zero attached hydrogens (tertiary/aromatic N) is 1. The maximum atomic E-state index is 12.6. The van der Waals surface area contributed by atoms with Crippen LogP contribution in [0.5, 0.6) is 0 Å². The third-order valence-electron chi connectivity index (χ3n) is 10.00. The van der Waals surface area contributed by atoms with Gasteiger partial charge in [0.15, 0.2) is 6.10 Å². The molecule has 0 heterocycles. The molecule has 0 saturated carbocycles. The number of esters is 2. The Bertz CT molecular complexity index is 1530. The molecule has 0 aromatic rings. The summed E-state index contributed by atoms with van der Waals surface area (Å²) in [7, 11) is 1.13. The Balaban J connectivity index is 4.06. The van der Waals surface area contributed by atoms with E-state index in [4.69, 9.17) is 18.5 Å². The molecule has 9 nitrogen and oxygen atoms in total. The van der Waals surface area contributed by atoms with E-state index < -0.39 is 32.5 Å². The number of allylic oxidation sites excluding steroid dienone is 20. The van der Waals surface area contributed by atoms with Gasteiger partial charge >= 0.3 is 11.9 Å². The van der Waals surface area contributed by atoms with E-state index in [1.807, 2.05) is 21.1 Å². The minimum absolute atomic E-state index is 0.0398. The molecule has 66 heavy (non-hydrogen) atoms. The van der Waals surface area contributed by atoms with Gasteiger partial charge in [-0.3, -0.25) is 14.2 Å². The Hall–Kier alpha value is -3.59. The number of unbranched alkanes of at least 4 members (excludes halogenated alkanes) is 10. The van der Waals surface area contributed by atoms with E-state index in [0.717, 1.165) is 135 Å². The lowest BCUT2D eigenvalue weighted by Gasteiger charge is -2.28. The van der Waals surface area contributed by atoms with Gasteiger partial charge in [0.1, 0.15) is 19.8 Å². The first-order valence-corrected chi connectivity index (χ1v) is 26.7. The SMILES string of the molecule is CC/C=C\C/C=C\C/C=C\C/C=C\C/C=C\C/C=C\C/C=C\C/C=C\C/C=C\C/C=C\CCCCCCCCC(=O)OC(COC(=O)CCCCCCC)COP(=O)([O-])OCC[N+](C)(C)C. The van der Waals surface area contributed by atoms with Crippen LogP contribution in [0.1, 0.15) is 168 Å². The molecule has 0 radical (unpaired) electrons. The van der Waals surface area contributed by atoms with Crippen LogP contribution >= 0.6 is 7.82 Å². The van der Waals surface area contributed by atoms with Gasteiger partial charge in [-0.15, -0.1) is 0 Å². The van der Waals surface area contributed by atoms with Crippen molar-refractivity contribution in [2.24, 2.45) is 0 Å². The van der Waals surface area contributed by atoms with Crippen molar-refractivity contribution in [1.82, 2.24) is 0 Å². The number of quaternary nitrogens is 1. The molecule has 0 aliphatic heterocycles. The van der Waals surface area contributed by atoms with E-state index in [1.165, 1.54) is 0 Å². The number of hydrogen-bond acceptors (Lipinski definition) is 8. The lowest BCUT2D eigenvalue weighted by atomic mass is 10.1. The molecule has 0 fully saturated rings. The molecule has 0 saturated heterocycles. The van der Waals surface area contributed by atoms with E-state index in [9.17, 15) is 19.0 Å². The molecule has 374 valence electrons. The molecule has 0 aliphatic rings. The topological polar surface area (TPSA) is 111 Å². The van der Waals surface area contributed by atoms with Gasteiger partial charge in [-0.05, 0) is 89.9 Å². The predicted molar refractivity (Wildman–Crippen MR) is 277 cm³/mol. The highest BCUT2D eigenvalue weighted by atomic mass is 31.2. The first-order chi connectivity index (χ1) is 32.0. The number of carbonyl (C=O) groups excluding carboxylic acids is 2. The average Bonchev–Trinajstić information content (AvgIpc) is 3.27. The molecule has 2 atom stereocenters. The van der Waals surface area contributed by atoms with Gasteiger partial charge in [-0.25, -0.2) is 0 Å². The van der Waals surface area contributed by atoms with Crippen LogP contribution in [0.2, 0.25) is 0 Å². The van der Waals surface area contributed by atoms with E-state index in [2.05, 4.69) is 135 Å². The Labute approximate surface area is 403 Å². The van der Waals surface area contributed by atoms with Gasteiger partial charge in [0.25, 0.3) is 7.82 Å². The number of likely N-dealkylation sites (N-methyl/N-ethyl adjacent to an activating group) is 1. The van der Waals surface area contributed by atoms with Gasteiger partial charge in [0, 0.05) is 12.8 Å². The number of carbonyl (C=O) groups is 2. The van der Waals surface area contributed by atoms with Crippen LogP contribution in [0, 0.1) is 0 Å². The van der Waals surface area contributed by atoms with E-state index in [0.29, 0.717) is 17.4 Å². The number of phosphoric ester groups is 1. The monoisotopic (exact) mass is 938 g/mol. The molecule has 0 N–H and O–H groups in total. The van der Waals surface area contributed by atoms with Crippen LogP contribution in [-0.4, -0.2) is 70.0 Å². The van der Waals surface area contributed by atoms with Crippen molar-refractivity contribution in [3.63, 3.8) is 0 Å². The van der Waals surface area contributed by atoms with Gasteiger partial charge in [-0.1, -0.05) is 187 Å². The van der Waals surface area contributed by atoms with Crippen LogP contribution in [0.25, 0.3) is 0 Å². The smallest absolute Gasteiger partial charge is 0.306 e. The van der Waals surface area contributed by atoms with Crippen LogP contribution in [0.4, 0.5) is 0 Å². The highest BCUT2D eigenvalue weighted by Gasteiger charge is 2.21.